The quantitative estimate of drug-likeness (QED) is 0.854. The van der Waals surface area contributed by atoms with Gasteiger partial charge in [0.1, 0.15) is 0 Å². The van der Waals surface area contributed by atoms with Crippen molar-refractivity contribution < 1.29 is 4.79 Å². The summed E-state index contributed by atoms with van der Waals surface area (Å²) in [5.41, 5.74) is 6.05. The van der Waals surface area contributed by atoms with Crippen molar-refractivity contribution >= 4 is 5.91 Å². The van der Waals surface area contributed by atoms with Crippen LogP contribution in [0.15, 0.2) is 0 Å². The monoisotopic (exact) mass is 281 g/mol. The van der Waals surface area contributed by atoms with Gasteiger partial charge in [-0.05, 0) is 31.1 Å². The summed E-state index contributed by atoms with van der Waals surface area (Å²) in [5.74, 6) is 1.80. The second kappa shape index (κ2) is 6.90. The lowest BCUT2D eigenvalue weighted by molar-refractivity contribution is -0.139. The van der Waals surface area contributed by atoms with E-state index in [0.29, 0.717) is 23.8 Å². The molecule has 1 heterocycles. The summed E-state index contributed by atoms with van der Waals surface area (Å²) in [6, 6.07) is 0.293. The minimum Gasteiger partial charge on any atom is -0.340 e. The van der Waals surface area contributed by atoms with E-state index in [9.17, 15) is 4.79 Å². The summed E-state index contributed by atoms with van der Waals surface area (Å²) in [6.45, 7) is 11.7. The number of nitrogens with zero attached hydrogens (tertiary/aromatic N) is 2. The zero-order chi connectivity index (χ0) is 14.7. The molecule has 0 aromatic carbocycles. The van der Waals surface area contributed by atoms with E-state index in [2.05, 4.69) is 30.6 Å². The van der Waals surface area contributed by atoms with E-state index in [1.54, 1.807) is 0 Å². The lowest BCUT2D eigenvalue weighted by Crippen LogP contribution is -2.52. The SMILES string of the molecule is CC(C)CN1CCN(C(=O)C2CCC(N)C(C)C2)CC1. The number of nitrogens with two attached hydrogens (primary N) is 1. The molecular formula is C16H31N3O. The molecule has 4 nitrogen and oxygen atoms in total. The fourth-order valence-electron chi connectivity index (χ4n) is 3.57. The molecule has 0 radical (unpaired) electrons. The maximum Gasteiger partial charge on any atom is 0.225 e. The highest BCUT2D eigenvalue weighted by atomic mass is 16.2. The average molecular weight is 281 g/mol. The molecule has 1 amide bonds. The van der Waals surface area contributed by atoms with Gasteiger partial charge in [-0.3, -0.25) is 9.69 Å². The molecule has 2 rings (SSSR count). The maximum atomic E-state index is 12.6. The van der Waals surface area contributed by atoms with Crippen LogP contribution in [0.4, 0.5) is 0 Å². The van der Waals surface area contributed by atoms with Gasteiger partial charge in [0.05, 0.1) is 0 Å². The van der Waals surface area contributed by atoms with Crippen molar-refractivity contribution in [3.63, 3.8) is 0 Å². The first kappa shape index (κ1) is 15.8. The number of carbonyl (C=O) groups is 1. The molecule has 0 spiro atoms. The van der Waals surface area contributed by atoms with Crippen LogP contribution in [-0.2, 0) is 4.79 Å². The standard InChI is InChI=1S/C16H31N3O/c1-12(2)11-18-6-8-19(9-7-18)16(20)14-4-5-15(17)13(3)10-14/h12-15H,4-11,17H2,1-3H3. The van der Waals surface area contributed by atoms with Crippen LogP contribution in [0, 0.1) is 17.8 Å². The summed E-state index contributed by atoms with van der Waals surface area (Å²) in [4.78, 5) is 17.2. The Kier molecular flexibility index (Phi) is 5.44. The van der Waals surface area contributed by atoms with E-state index in [0.717, 1.165) is 52.0 Å². The molecule has 2 fully saturated rings. The van der Waals surface area contributed by atoms with Crippen LogP contribution in [0.2, 0.25) is 0 Å². The number of amides is 1. The van der Waals surface area contributed by atoms with Gasteiger partial charge >= 0.3 is 0 Å². The molecule has 0 aromatic heterocycles. The average Bonchev–Trinajstić information content (AvgIpc) is 2.41. The summed E-state index contributed by atoms with van der Waals surface area (Å²) in [7, 11) is 0. The van der Waals surface area contributed by atoms with Crippen molar-refractivity contribution in [2.75, 3.05) is 32.7 Å². The van der Waals surface area contributed by atoms with Gasteiger partial charge in [0.2, 0.25) is 5.91 Å². The Bertz CT molecular complexity index is 324. The van der Waals surface area contributed by atoms with Crippen molar-refractivity contribution in [3.05, 3.63) is 0 Å². The second-order valence-electron chi connectivity index (χ2n) is 7.17. The summed E-state index contributed by atoms with van der Waals surface area (Å²) >= 11 is 0. The second-order valence-corrected chi connectivity index (χ2v) is 7.17. The molecule has 3 atom stereocenters. The number of hydrogen-bond acceptors (Lipinski definition) is 3. The Balaban J connectivity index is 1.80. The molecule has 2 aliphatic rings. The van der Waals surface area contributed by atoms with Crippen molar-refractivity contribution in [2.24, 2.45) is 23.5 Å². The van der Waals surface area contributed by atoms with Crippen LogP contribution in [0.1, 0.15) is 40.0 Å². The van der Waals surface area contributed by atoms with E-state index >= 15 is 0 Å². The van der Waals surface area contributed by atoms with E-state index in [1.165, 1.54) is 0 Å². The Morgan fingerprint density at radius 1 is 1.20 bits per heavy atom. The normalized spacial score (nSPS) is 32.6. The lowest BCUT2D eigenvalue weighted by atomic mass is 9.78. The molecule has 20 heavy (non-hydrogen) atoms. The first-order valence-corrected chi connectivity index (χ1v) is 8.24. The maximum absolute atomic E-state index is 12.6. The van der Waals surface area contributed by atoms with Crippen molar-refractivity contribution in [1.29, 1.82) is 0 Å². The molecule has 1 aliphatic carbocycles. The smallest absolute Gasteiger partial charge is 0.225 e. The Morgan fingerprint density at radius 3 is 2.40 bits per heavy atom. The fourth-order valence-corrected chi connectivity index (χ4v) is 3.57. The minimum atomic E-state index is 0.224. The van der Waals surface area contributed by atoms with Gasteiger partial charge in [0.15, 0.2) is 0 Å². The molecule has 1 saturated heterocycles. The van der Waals surface area contributed by atoms with E-state index in [-0.39, 0.29) is 5.92 Å². The van der Waals surface area contributed by atoms with Gasteiger partial charge in [-0.2, -0.15) is 0 Å². The third-order valence-electron chi connectivity index (χ3n) is 4.89. The Hall–Kier alpha value is -0.610. The predicted octanol–water partition coefficient (Wildman–Crippen LogP) is 1.55. The van der Waals surface area contributed by atoms with Crippen molar-refractivity contribution in [1.82, 2.24) is 9.80 Å². The first-order chi connectivity index (χ1) is 9.47. The molecule has 2 N–H and O–H groups in total. The number of rotatable bonds is 3. The molecule has 0 aromatic rings. The number of piperazine rings is 1. The summed E-state index contributed by atoms with van der Waals surface area (Å²) < 4.78 is 0. The molecule has 3 unspecified atom stereocenters. The molecule has 1 aliphatic heterocycles. The van der Waals surface area contributed by atoms with Gasteiger partial charge in [0, 0.05) is 44.7 Å². The van der Waals surface area contributed by atoms with Crippen LogP contribution in [-0.4, -0.2) is 54.5 Å². The molecule has 0 bridgehead atoms. The first-order valence-electron chi connectivity index (χ1n) is 8.24. The lowest BCUT2D eigenvalue weighted by Gasteiger charge is -2.39. The van der Waals surface area contributed by atoms with Crippen LogP contribution >= 0.6 is 0 Å². The largest absolute Gasteiger partial charge is 0.340 e. The van der Waals surface area contributed by atoms with Crippen LogP contribution < -0.4 is 5.73 Å². The molecule has 4 heteroatoms. The van der Waals surface area contributed by atoms with Crippen molar-refractivity contribution in [3.8, 4) is 0 Å². The van der Waals surface area contributed by atoms with E-state index in [4.69, 9.17) is 5.73 Å². The van der Waals surface area contributed by atoms with Crippen LogP contribution in [0.3, 0.4) is 0 Å². The Morgan fingerprint density at radius 2 is 1.85 bits per heavy atom. The zero-order valence-corrected chi connectivity index (χ0v) is 13.3. The minimum absolute atomic E-state index is 0.224. The van der Waals surface area contributed by atoms with Gasteiger partial charge in [0.25, 0.3) is 0 Å². The third-order valence-corrected chi connectivity index (χ3v) is 4.89. The van der Waals surface area contributed by atoms with Crippen LogP contribution in [0.25, 0.3) is 0 Å². The highest BCUT2D eigenvalue weighted by Gasteiger charge is 2.33. The molecule has 1 saturated carbocycles. The predicted molar refractivity (Wildman–Crippen MR) is 82.3 cm³/mol. The van der Waals surface area contributed by atoms with Gasteiger partial charge < -0.3 is 10.6 Å². The third kappa shape index (κ3) is 3.95. The highest BCUT2D eigenvalue weighted by molar-refractivity contribution is 5.79. The van der Waals surface area contributed by atoms with Gasteiger partial charge in [-0.25, -0.2) is 0 Å². The molecule has 116 valence electrons. The van der Waals surface area contributed by atoms with Gasteiger partial charge in [-0.1, -0.05) is 20.8 Å². The summed E-state index contributed by atoms with van der Waals surface area (Å²) in [5, 5.41) is 0. The van der Waals surface area contributed by atoms with E-state index < -0.39 is 0 Å². The zero-order valence-electron chi connectivity index (χ0n) is 13.3. The van der Waals surface area contributed by atoms with Crippen molar-refractivity contribution in [2.45, 2.75) is 46.1 Å². The fraction of sp³-hybridized carbons (Fsp3) is 0.938. The number of carbonyl (C=O) groups excluding carboxylic acids is 1. The topological polar surface area (TPSA) is 49.6 Å². The van der Waals surface area contributed by atoms with Crippen LogP contribution in [0.5, 0.6) is 0 Å². The highest BCUT2D eigenvalue weighted by Crippen LogP contribution is 2.29. The molecular weight excluding hydrogens is 250 g/mol. The van der Waals surface area contributed by atoms with Gasteiger partial charge in [-0.15, -0.1) is 0 Å². The summed E-state index contributed by atoms with van der Waals surface area (Å²) in [6.07, 6.45) is 2.97. The van der Waals surface area contributed by atoms with E-state index in [1.807, 2.05) is 0 Å². The Labute approximate surface area is 123 Å². The number of hydrogen-bond donors (Lipinski definition) is 1.